The summed E-state index contributed by atoms with van der Waals surface area (Å²) in [5.41, 5.74) is 5.53. The lowest BCUT2D eigenvalue weighted by Crippen LogP contribution is -2.23. The van der Waals surface area contributed by atoms with Crippen molar-refractivity contribution < 1.29 is 14.1 Å². The van der Waals surface area contributed by atoms with Crippen LogP contribution in [-0.2, 0) is 4.79 Å². The molecule has 7 heteroatoms. The molecule has 4 aromatic rings. The predicted octanol–water partition coefficient (Wildman–Crippen LogP) is 4.89. The van der Waals surface area contributed by atoms with E-state index in [1.165, 1.54) is 0 Å². The lowest BCUT2D eigenvalue weighted by molar-refractivity contribution is -0.117. The molecule has 1 saturated heterocycles. The third kappa shape index (κ3) is 3.62. The number of benzene rings is 2. The Balaban J connectivity index is 1.46. The summed E-state index contributed by atoms with van der Waals surface area (Å²) in [5.74, 6) is -0.144. The van der Waals surface area contributed by atoms with Gasteiger partial charge in [0.05, 0.1) is 22.3 Å². The first-order valence-corrected chi connectivity index (χ1v) is 10.6. The fourth-order valence-corrected chi connectivity index (χ4v) is 3.99. The summed E-state index contributed by atoms with van der Waals surface area (Å²) in [5, 5.41) is 7.54. The maximum absolute atomic E-state index is 13.2. The first kappa shape index (κ1) is 19.9. The Morgan fingerprint density at radius 2 is 1.81 bits per heavy atom. The molecule has 3 heterocycles. The summed E-state index contributed by atoms with van der Waals surface area (Å²) >= 11 is 0. The molecule has 2 aromatic carbocycles. The van der Waals surface area contributed by atoms with Crippen molar-refractivity contribution in [2.24, 2.45) is 0 Å². The highest BCUT2D eigenvalue weighted by atomic mass is 16.5. The van der Waals surface area contributed by atoms with Gasteiger partial charge in [0.1, 0.15) is 0 Å². The summed E-state index contributed by atoms with van der Waals surface area (Å²) < 4.78 is 5.38. The molecule has 0 saturated carbocycles. The van der Waals surface area contributed by atoms with Gasteiger partial charge in [0.15, 0.2) is 0 Å². The number of carbonyl (C=O) groups is 2. The first-order valence-electron chi connectivity index (χ1n) is 10.6. The minimum absolute atomic E-state index is 0.132. The number of aromatic nitrogens is 2. The van der Waals surface area contributed by atoms with E-state index in [9.17, 15) is 9.59 Å². The number of hydrogen-bond acceptors (Lipinski definition) is 5. The van der Waals surface area contributed by atoms with Crippen molar-refractivity contribution >= 4 is 34.3 Å². The summed E-state index contributed by atoms with van der Waals surface area (Å²) in [7, 11) is 0. The number of carbonyl (C=O) groups excluding carboxylic acids is 2. The van der Waals surface area contributed by atoms with Crippen molar-refractivity contribution in [3.8, 4) is 11.3 Å². The van der Waals surface area contributed by atoms with Crippen molar-refractivity contribution in [2.45, 2.75) is 26.7 Å². The van der Waals surface area contributed by atoms with Crippen LogP contribution in [0.2, 0.25) is 0 Å². The minimum atomic E-state index is -0.276. The molecule has 160 valence electrons. The molecule has 0 aliphatic carbocycles. The Morgan fingerprint density at radius 3 is 2.50 bits per heavy atom. The molecular weight excluding hydrogens is 404 g/mol. The Morgan fingerprint density at radius 1 is 1.06 bits per heavy atom. The van der Waals surface area contributed by atoms with Crippen LogP contribution in [0.5, 0.6) is 0 Å². The second-order valence-corrected chi connectivity index (χ2v) is 8.02. The van der Waals surface area contributed by atoms with Crippen LogP contribution >= 0.6 is 0 Å². The van der Waals surface area contributed by atoms with E-state index in [1.54, 1.807) is 30.0 Å². The van der Waals surface area contributed by atoms with Crippen LogP contribution in [0.15, 0.2) is 59.1 Å². The largest absolute Gasteiger partial charge is 0.335 e. The van der Waals surface area contributed by atoms with Crippen LogP contribution in [-0.4, -0.2) is 28.5 Å². The van der Waals surface area contributed by atoms with E-state index in [0.717, 1.165) is 29.8 Å². The number of pyridine rings is 1. The molecule has 32 heavy (non-hydrogen) atoms. The second-order valence-electron chi connectivity index (χ2n) is 8.02. The van der Waals surface area contributed by atoms with Gasteiger partial charge in [0, 0.05) is 29.9 Å². The highest BCUT2D eigenvalue weighted by Gasteiger charge is 2.22. The van der Waals surface area contributed by atoms with Crippen molar-refractivity contribution in [3.63, 3.8) is 0 Å². The van der Waals surface area contributed by atoms with E-state index in [-0.39, 0.29) is 11.8 Å². The fraction of sp³-hybridized carbons (Fsp3) is 0.200. The average molecular weight is 426 g/mol. The number of amides is 2. The normalized spacial score (nSPS) is 13.7. The van der Waals surface area contributed by atoms with Gasteiger partial charge in [0.25, 0.3) is 11.6 Å². The molecule has 0 spiro atoms. The van der Waals surface area contributed by atoms with Gasteiger partial charge in [-0.05, 0) is 50.6 Å². The summed E-state index contributed by atoms with van der Waals surface area (Å²) in [4.78, 5) is 31.5. The standard InChI is InChI=1S/C25H22N4O3/c1-15-5-7-17(8-6-15)21-14-20(23-16(2)28-32-25(23)27-21)24(31)26-18-9-11-19(12-10-18)29-13-3-4-22(29)30/h5-12,14H,3-4,13H2,1-2H3,(H,26,31). The molecule has 0 atom stereocenters. The van der Waals surface area contributed by atoms with Gasteiger partial charge in [-0.2, -0.15) is 0 Å². The Labute approximate surface area is 185 Å². The summed E-state index contributed by atoms with van der Waals surface area (Å²) in [6.07, 6.45) is 1.45. The summed E-state index contributed by atoms with van der Waals surface area (Å²) in [6.45, 7) is 4.54. The van der Waals surface area contributed by atoms with Crippen LogP contribution in [0.25, 0.3) is 22.4 Å². The monoisotopic (exact) mass is 426 g/mol. The van der Waals surface area contributed by atoms with Gasteiger partial charge >= 0.3 is 0 Å². The molecular formula is C25H22N4O3. The molecule has 1 aliphatic heterocycles. The van der Waals surface area contributed by atoms with Crippen LogP contribution in [0.4, 0.5) is 11.4 Å². The number of hydrogen-bond donors (Lipinski definition) is 1. The number of anilines is 2. The van der Waals surface area contributed by atoms with Crippen LogP contribution in [0.1, 0.15) is 34.5 Å². The zero-order chi connectivity index (χ0) is 22.2. The predicted molar refractivity (Wildman–Crippen MR) is 123 cm³/mol. The van der Waals surface area contributed by atoms with Crippen molar-refractivity contribution in [3.05, 3.63) is 71.4 Å². The van der Waals surface area contributed by atoms with Crippen molar-refractivity contribution in [1.82, 2.24) is 10.1 Å². The van der Waals surface area contributed by atoms with Gasteiger partial charge < -0.3 is 14.7 Å². The Bertz CT molecular complexity index is 1320. The van der Waals surface area contributed by atoms with Crippen LogP contribution in [0.3, 0.4) is 0 Å². The van der Waals surface area contributed by atoms with Crippen LogP contribution in [0, 0.1) is 13.8 Å². The highest BCUT2D eigenvalue weighted by Crippen LogP contribution is 2.28. The van der Waals surface area contributed by atoms with E-state index in [0.29, 0.717) is 40.2 Å². The number of nitrogens with one attached hydrogen (secondary N) is 1. The molecule has 0 bridgehead atoms. The Hall–Kier alpha value is -4.00. The van der Waals surface area contributed by atoms with E-state index in [4.69, 9.17) is 4.52 Å². The molecule has 0 unspecified atom stereocenters. The smallest absolute Gasteiger partial charge is 0.259 e. The van der Waals surface area contributed by atoms with Gasteiger partial charge in [-0.15, -0.1) is 0 Å². The van der Waals surface area contributed by atoms with E-state index >= 15 is 0 Å². The zero-order valence-electron chi connectivity index (χ0n) is 17.9. The van der Waals surface area contributed by atoms with Gasteiger partial charge in [-0.25, -0.2) is 4.98 Å². The van der Waals surface area contributed by atoms with Gasteiger partial charge in [-0.1, -0.05) is 35.0 Å². The zero-order valence-corrected chi connectivity index (χ0v) is 17.9. The molecule has 1 aliphatic rings. The topological polar surface area (TPSA) is 88.3 Å². The first-order chi connectivity index (χ1) is 15.5. The van der Waals surface area contributed by atoms with Crippen LogP contribution < -0.4 is 10.2 Å². The fourth-order valence-electron chi connectivity index (χ4n) is 3.99. The lowest BCUT2D eigenvalue weighted by atomic mass is 10.0. The average Bonchev–Trinajstić information content (AvgIpc) is 3.40. The molecule has 5 rings (SSSR count). The third-order valence-corrected chi connectivity index (χ3v) is 5.72. The van der Waals surface area contributed by atoms with Crippen molar-refractivity contribution in [2.75, 3.05) is 16.8 Å². The lowest BCUT2D eigenvalue weighted by Gasteiger charge is -2.16. The minimum Gasteiger partial charge on any atom is -0.335 e. The highest BCUT2D eigenvalue weighted by molar-refractivity contribution is 6.13. The number of fused-ring (bicyclic) bond motifs is 1. The maximum Gasteiger partial charge on any atom is 0.259 e. The number of rotatable bonds is 4. The SMILES string of the molecule is Cc1ccc(-c2cc(C(=O)Nc3ccc(N4CCCC4=O)cc3)c3c(C)noc3n2)cc1. The quantitative estimate of drug-likeness (QED) is 0.502. The van der Waals surface area contributed by atoms with E-state index in [2.05, 4.69) is 15.5 Å². The van der Waals surface area contributed by atoms with E-state index < -0.39 is 0 Å². The number of aryl methyl sites for hydroxylation is 2. The molecule has 2 amide bonds. The van der Waals surface area contributed by atoms with E-state index in [1.807, 2.05) is 43.3 Å². The molecule has 7 nitrogen and oxygen atoms in total. The third-order valence-electron chi connectivity index (χ3n) is 5.72. The molecule has 1 N–H and O–H groups in total. The van der Waals surface area contributed by atoms with Crippen molar-refractivity contribution in [1.29, 1.82) is 0 Å². The summed E-state index contributed by atoms with van der Waals surface area (Å²) in [6, 6.07) is 17.0. The van der Waals surface area contributed by atoms with Gasteiger partial charge in [-0.3, -0.25) is 9.59 Å². The Kier molecular flexibility index (Phi) is 4.93. The van der Waals surface area contributed by atoms with Gasteiger partial charge in [0.2, 0.25) is 5.91 Å². The number of nitrogens with zero attached hydrogens (tertiary/aromatic N) is 3. The molecule has 0 radical (unpaired) electrons. The molecule has 1 fully saturated rings. The second kappa shape index (κ2) is 7.92. The molecule has 2 aromatic heterocycles. The maximum atomic E-state index is 13.2.